The van der Waals surface area contributed by atoms with Gasteiger partial charge in [-0.15, -0.1) is 0 Å². The van der Waals surface area contributed by atoms with Gasteiger partial charge in [0.25, 0.3) is 0 Å². The van der Waals surface area contributed by atoms with Crippen molar-refractivity contribution in [3.05, 3.63) is 68.5 Å². The summed E-state index contributed by atoms with van der Waals surface area (Å²) in [5.41, 5.74) is -0.843. The molecule has 120 valence electrons. The minimum Gasteiger partial charge on any atom is -0.203 e. The second-order valence-corrected chi connectivity index (χ2v) is 4.98. The third-order valence-electron chi connectivity index (χ3n) is 2.65. The smallest absolute Gasteiger partial charge is 0.200 e. The quantitative estimate of drug-likeness (QED) is 0.236. The molecule has 2 aromatic rings. The van der Waals surface area contributed by atoms with Crippen LogP contribution >= 0.6 is 23.2 Å². The number of nitrogens with zero attached hydrogens (tertiary/aromatic N) is 2. The Morgan fingerprint density at radius 2 is 1.26 bits per heavy atom. The first-order valence-electron chi connectivity index (χ1n) is 5.85. The van der Waals surface area contributed by atoms with E-state index in [2.05, 4.69) is 10.2 Å². The molecular weight excluding hydrogens is 362 g/mol. The lowest BCUT2D eigenvalue weighted by Gasteiger charge is -2.02. The van der Waals surface area contributed by atoms with E-state index in [0.717, 1.165) is 6.21 Å². The van der Waals surface area contributed by atoms with Gasteiger partial charge in [0, 0.05) is 15.6 Å². The van der Waals surface area contributed by atoms with Crippen molar-refractivity contribution in [3.63, 3.8) is 0 Å². The van der Waals surface area contributed by atoms with Crippen molar-refractivity contribution in [2.24, 2.45) is 10.2 Å². The van der Waals surface area contributed by atoms with Crippen LogP contribution in [-0.4, -0.2) is 12.4 Å². The van der Waals surface area contributed by atoms with E-state index in [0.29, 0.717) is 16.8 Å². The molecule has 0 bridgehead atoms. The summed E-state index contributed by atoms with van der Waals surface area (Å²) >= 11 is 11.6. The molecule has 0 aliphatic rings. The molecule has 2 aromatic carbocycles. The van der Waals surface area contributed by atoms with Crippen LogP contribution in [0.2, 0.25) is 10.0 Å². The van der Waals surface area contributed by atoms with Gasteiger partial charge in [-0.3, -0.25) is 0 Å². The van der Waals surface area contributed by atoms with Crippen molar-refractivity contribution in [2.75, 3.05) is 0 Å². The first-order chi connectivity index (χ1) is 10.8. The Balaban J connectivity index is 2.31. The van der Waals surface area contributed by atoms with E-state index in [4.69, 9.17) is 23.2 Å². The summed E-state index contributed by atoms with van der Waals surface area (Å²) in [6.45, 7) is 0. The second-order valence-electron chi connectivity index (χ2n) is 4.14. The van der Waals surface area contributed by atoms with Crippen LogP contribution in [-0.2, 0) is 0 Å². The molecule has 0 amide bonds. The number of benzene rings is 2. The van der Waals surface area contributed by atoms with Crippen molar-refractivity contribution in [1.82, 2.24) is 0 Å². The summed E-state index contributed by atoms with van der Waals surface area (Å²) < 4.78 is 65.6. The standard InChI is InChI=1S/C14H5Cl2F5N2/c15-7-1-2-9(16)6(3-7)4-22-23-5-8-10(17)12(19)14(21)13(20)11(8)18/h1-5H/b22-4+,23-5+. The molecule has 2 nitrogen and oxygen atoms in total. The van der Waals surface area contributed by atoms with Gasteiger partial charge in [-0.05, 0) is 18.2 Å². The third kappa shape index (κ3) is 3.68. The van der Waals surface area contributed by atoms with E-state index < -0.39 is 34.6 Å². The van der Waals surface area contributed by atoms with Crippen LogP contribution in [0.1, 0.15) is 11.1 Å². The highest BCUT2D eigenvalue weighted by Gasteiger charge is 2.24. The van der Waals surface area contributed by atoms with Gasteiger partial charge in [0.05, 0.1) is 18.0 Å². The maximum atomic E-state index is 13.4. The number of halogens is 7. The molecule has 2 rings (SSSR count). The molecule has 0 saturated heterocycles. The van der Waals surface area contributed by atoms with Crippen molar-refractivity contribution < 1.29 is 22.0 Å². The molecule has 0 aliphatic heterocycles. The van der Waals surface area contributed by atoms with Gasteiger partial charge in [-0.25, -0.2) is 22.0 Å². The van der Waals surface area contributed by atoms with Crippen LogP contribution in [0.15, 0.2) is 28.4 Å². The highest BCUT2D eigenvalue weighted by molar-refractivity contribution is 6.35. The van der Waals surface area contributed by atoms with E-state index in [1.54, 1.807) is 0 Å². The molecule has 0 saturated carbocycles. The summed E-state index contributed by atoms with van der Waals surface area (Å²) in [7, 11) is 0. The lowest BCUT2D eigenvalue weighted by Crippen LogP contribution is -2.06. The minimum atomic E-state index is -2.24. The van der Waals surface area contributed by atoms with Crippen molar-refractivity contribution in [1.29, 1.82) is 0 Å². The molecule has 0 heterocycles. The largest absolute Gasteiger partial charge is 0.203 e. The van der Waals surface area contributed by atoms with E-state index in [-0.39, 0.29) is 5.02 Å². The van der Waals surface area contributed by atoms with E-state index in [1.807, 2.05) is 0 Å². The minimum absolute atomic E-state index is 0.282. The molecule has 0 fully saturated rings. The summed E-state index contributed by atoms with van der Waals surface area (Å²) in [4.78, 5) is 0. The van der Waals surface area contributed by atoms with Crippen LogP contribution in [0, 0.1) is 29.1 Å². The zero-order valence-electron chi connectivity index (χ0n) is 10.9. The molecule has 0 radical (unpaired) electrons. The monoisotopic (exact) mass is 366 g/mol. The molecule has 0 spiro atoms. The Labute approximate surface area is 136 Å². The number of hydrogen-bond donors (Lipinski definition) is 0. The van der Waals surface area contributed by atoms with E-state index in [1.165, 1.54) is 18.2 Å². The first kappa shape index (κ1) is 17.4. The van der Waals surface area contributed by atoms with Crippen LogP contribution in [0.5, 0.6) is 0 Å². The Morgan fingerprint density at radius 1 is 0.739 bits per heavy atom. The molecule has 0 N–H and O–H groups in total. The Kier molecular flexibility index (Phi) is 5.33. The molecule has 23 heavy (non-hydrogen) atoms. The fourth-order valence-corrected chi connectivity index (χ4v) is 1.88. The Morgan fingerprint density at radius 3 is 1.87 bits per heavy atom. The normalized spacial score (nSPS) is 11.8. The number of rotatable bonds is 3. The van der Waals surface area contributed by atoms with Gasteiger partial charge in [-0.1, -0.05) is 23.2 Å². The van der Waals surface area contributed by atoms with Crippen molar-refractivity contribution in [2.45, 2.75) is 0 Å². The molecule has 0 unspecified atom stereocenters. The average molecular weight is 367 g/mol. The zero-order valence-corrected chi connectivity index (χ0v) is 12.4. The lowest BCUT2D eigenvalue weighted by atomic mass is 10.2. The molecule has 9 heteroatoms. The fourth-order valence-electron chi connectivity index (χ4n) is 1.54. The second kappa shape index (κ2) is 7.06. The van der Waals surface area contributed by atoms with Crippen LogP contribution in [0.3, 0.4) is 0 Å². The van der Waals surface area contributed by atoms with Gasteiger partial charge >= 0.3 is 0 Å². The highest BCUT2D eigenvalue weighted by Crippen LogP contribution is 2.22. The van der Waals surface area contributed by atoms with Gasteiger partial charge in [-0.2, -0.15) is 10.2 Å². The molecule has 0 aliphatic carbocycles. The predicted octanol–water partition coefficient (Wildman–Crippen LogP) is 5.14. The van der Waals surface area contributed by atoms with Crippen molar-refractivity contribution in [3.8, 4) is 0 Å². The third-order valence-corrected chi connectivity index (χ3v) is 3.23. The summed E-state index contributed by atoms with van der Waals surface area (Å²) in [5.74, 6) is -10.4. The van der Waals surface area contributed by atoms with E-state index in [9.17, 15) is 22.0 Å². The topological polar surface area (TPSA) is 24.7 Å². The maximum Gasteiger partial charge on any atom is 0.200 e. The fraction of sp³-hybridized carbons (Fsp3) is 0. The van der Waals surface area contributed by atoms with E-state index >= 15 is 0 Å². The Bertz CT molecular complexity index is 792. The first-order valence-corrected chi connectivity index (χ1v) is 6.61. The van der Waals surface area contributed by atoms with Gasteiger partial charge < -0.3 is 0 Å². The SMILES string of the molecule is Fc1c(F)c(F)c(/C=N/N=C/c2cc(Cl)ccc2Cl)c(F)c1F. The average Bonchev–Trinajstić information content (AvgIpc) is 2.53. The molecular formula is C14H5Cl2F5N2. The van der Waals surface area contributed by atoms with Gasteiger partial charge in [0.2, 0.25) is 5.82 Å². The Hall–Kier alpha value is -1.99. The number of hydrogen-bond acceptors (Lipinski definition) is 2. The summed E-state index contributed by atoms with van der Waals surface area (Å²) in [6.07, 6.45) is 1.52. The highest BCUT2D eigenvalue weighted by atomic mass is 35.5. The van der Waals surface area contributed by atoms with Crippen LogP contribution < -0.4 is 0 Å². The lowest BCUT2D eigenvalue weighted by molar-refractivity contribution is 0.377. The van der Waals surface area contributed by atoms with Crippen molar-refractivity contribution >= 4 is 35.6 Å². The molecule has 0 aromatic heterocycles. The van der Waals surface area contributed by atoms with Crippen LogP contribution in [0.4, 0.5) is 22.0 Å². The maximum absolute atomic E-state index is 13.4. The zero-order chi connectivity index (χ0) is 17.1. The summed E-state index contributed by atoms with van der Waals surface area (Å²) in [6, 6.07) is 4.46. The molecule has 0 atom stereocenters. The van der Waals surface area contributed by atoms with Gasteiger partial charge in [0.1, 0.15) is 0 Å². The summed E-state index contributed by atoms with van der Waals surface area (Å²) in [5, 5.41) is 7.32. The van der Waals surface area contributed by atoms with Crippen LogP contribution in [0.25, 0.3) is 0 Å². The predicted molar refractivity (Wildman–Crippen MR) is 77.9 cm³/mol. The van der Waals surface area contributed by atoms with Gasteiger partial charge in [0.15, 0.2) is 23.3 Å².